The summed E-state index contributed by atoms with van der Waals surface area (Å²) in [6.07, 6.45) is -4.46. The fraction of sp³-hybridized carbons (Fsp3) is 0.125. The number of carbonyl (C=O) groups excluding carboxylic acids is 1. The number of thiocarbonyl (C=S) groups is 1. The number of alkyl halides is 3. The summed E-state index contributed by atoms with van der Waals surface area (Å²) in [5.74, 6) is 0.145. The van der Waals surface area contributed by atoms with Crippen molar-refractivity contribution in [2.24, 2.45) is 0 Å². The number of methoxy groups -OCH3 is 1. The Labute approximate surface area is 160 Å². The molecule has 2 aromatic rings. The first-order valence-electron chi connectivity index (χ1n) is 6.84. The van der Waals surface area contributed by atoms with Crippen molar-refractivity contribution in [3.05, 3.63) is 57.2 Å². The van der Waals surface area contributed by atoms with E-state index in [2.05, 4.69) is 10.6 Å². The second-order valence-electron chi connectivity index (χ2n) is 4.84. The largest absolute Gasteiger partial charge is 0.496 e. The van der Waals surface area contributed by atoms with Crippen LogP contribution in [0.1, 0.15) is 15.9 Å². The molecule has 25 heavy (non-hydrogen) atoms. The third-order valence-electron chi connectivity index (χ3n) is 3.09. The highest BCUT2D eigenvalue weighted by Crippen LogP contribution is 2.30. The van der Waals surface area contributed by atoms with Crippen LogP contribution >= 0.6 is 34.8 Å². The number of hydrogen-bond donors (Lipinski definition) is 2. The number of nitrogens with one attached hydrogen (secondary N) is 2. The number of rotatable bonds is 3. The Kier molecular flexibility index (Phi) is 6.22. The van der Waals surface area contributed by atoms with Gasteiger partial charge in [0.2, 0.25) is 0 Å². The van der Waals surface area contributed by atoms with E-state index in [1.807, 2.05) is 22.6 Å². The van der Waals surface area contributed by atoms with Crippen molar-refractivity contribution < 1.29 is 22.7 Å². The number of amides is 1. The van der Waals surface area contributed by atoms with E-state index < -0.39 is 17.6 Å². The second kappa shape index (κ2) is 8.00. The second-order valence-corrected chi connectivity index (χ2v) is 6.41. The molecular formula is C16H12F3IN2O2S. The lowest BCUT2D eigenvalue weighted by Crippen LogP contribution is -2.34. The van der Waals surface area contributed by atoms with Crippen LogP contribution in [0.25, 0.3) is 0 Å². The Morgan fingerprint density at radius 2 is 1.92 bits per heavy atom. The van der Waals surface area contributed by atoms with Crippen molar-refractivity contribution in [1.29, 1.82) is 0 Å². The Bertz CT molecular complexity index is 812. The van der Waals surface area contributed by atoms with E-state index in [1.165, 1.54) is 19.2 Å². The van der Waals surface area contributed by atoms with Gasteiger partial charge in [-0.25, -0.2) is 0 Å². The minimum absolute atomic E-state index is 0.102. The molecule has 0 aliphatic heterocycles. The van der Waals surface area contributed by atoms with Crippen LogP contribution in [-0.4, -0.2) is 18.1 Å². The highest BCUT2D eigenvalue weighted by atomic mass is 127. The summed E-state index contributed by atoms with van der Waals surface area (Å²) in [5, 5.41) is 4.89. The van der Waals surface area contributed by atoms with Gasteiger partial charge in [0.15, 0.2) is 5.11 Å². The van der Waals surface area contributed by atoms with Crippen LogP contribution in [0.4, 0.5) is 18.9 Å². The molecule has 0 saturated carbocycles. The predicted molar refractivity (Wildman–Crippen MR) is 101 cm³/mol. The smallest absolute Gasteiger partial charge is 0.416 e. The van der Waals surface area contributed by atoms with Gasteiger partial charge in [-0.1, -0.05) is 6.07 Å². The zero-order valence-electron chi connectivity index (χ0n) is 12.8. The highest BCUT2D eigenvalue weighted by molar-refractivity contribution is 14.1. The van der Waals surface area contributed by atoms with Crippen molar-refractivity contribution in [2.75, 3.05) is 12.4 Å². The number of ether oxygens (including phenoxy) is 1. The monoisotopic (exact) mass is 480 g/mol. The topological polar surface area (TPSA) is 50.4 Å². The summed E-state index contributed by atoms with van der Waals surface area (Å²) >= 11 is 7.00. The molecule has 132 valence electrons. The van der Waals surface area contributed by atoms with Crippen LogP contribution in [0.5, 0.6) is 5.75 Å². The lowest BCUT2D eigenvalue weighted by Gasteiger charge is -2.12. The lowest BCUT2D eigenvalue weighted by atomic mass is 10.2. The number of carbonyl (C=O) groups is 1. The van der Waals surface area contributed by atoms with E-state index in [4.69, 9.17) is 17.0 Å². The SMILES string of the molecule is COc1ccc(C(=O)NC(=S)Nc2cccc(C(F)(F)F)c2)cc1I. The molecule has 2 N–H and O–H groups in total. The van der Waals surface area contributed by atoms with Crippen molar-refractivity contribution in [3.8, 4) is 5.75 Å². The average Bonchev–Trinajstić information content (AvgIpc) is 2.54. The van der Waals surface area contributed by atoms with Crippen LogP contribution in [0, 0.1) is 3.57 Å². The molecular weight excluding hydrogens is 468 g/mol. The minimum Gasteiger partial charge on any atom is -0.496 e. The molecule has 9 heteroatoms. The zero-order valence-corrected chi connectivity index (χ0v) is 15.8. The number of anilines is 1. The lowest BCUT2D eigenvalue weighted by molar-refractivity contribution is -0.137. The molecule has 2 aromatic carbocycles. The van der Waals surface area contributed by atoms with Crippen molar-refractivity contribution >= 4 is 51.5 Å². The van der Waals surface area contributed by atoms with Gasteiger partial charge in [0.05, 0.1) is 16.2 Å². The van der Waals surface area contributed by atoms with E-state index in [-0.39, 0.29) is 10.8 Å². The minimum atomic E-state index is -4.46. The fourth-order valence-electron chi connectivity index (χ4n) is 1.92. The van der Waals surface area contributed by atoms with Gasteiger partial charge in [0.1, 0.15) is 5.75 Å². The Morgan fingerprint density at radius 3 is 2.52 bits per heavy atom. The molecule has 2 rings (SSSR count). The van der Waals surface area contributed by atoms with E-state index in [0.717, 1.165) is 15.7 Å². The van der Waals surface area contributed by atoms with E-state index >= 15 is 0 Å². The summed E-state index contributed by atoms with van der Waals surface area (Å²) in [6, 6.07) is 9.34. The number of hydrogen-bond acceptors (Lipinski definition) is 3. The molecule has 0 saturated heterocycles. The molecule has 0 unspecified atom stereocenters. The van der Waals surface area contributed by atoms with Gasteiger partial charge in [-0.05, 0) is 71.2 Å². The predicted octanol–water partition coefficient (Wildman–Crippen LogP) is 4.45. The summed E-state index contributed by atoms with van der Waals surface area (Å²) in [7, 11) is 1.52. The standard InChI is InChI=1S/C16H12F3IN2O2S/c1-24-13-6-5-9(7-12(13)20)14(23)22-15(25)21-11-4-2-3-10(8-11)16(17,18)19/h2-8H,1H3,(H2,21,22,23,25). The Balaban J connectivity index is 2.05. The molecule has 0 atom stereocenters. The third kappa shape index (κ3) is 5.30. The molecule has 0 fully saturated rings. The molecule has 0 aliphatic carbocycles. The van der Waals surface area contributed by atoms with Crippen LogP contribution in [0.3, 0.4) is 0 Å². The van der Waals surface area contributed by atoms with Crippen molar-refractivity contribution in [2.45, 2.75) is 6.18 Å². The van der Waals surface area contributed by atoms with Crippen LogP contribution in [0.15, 0.2) is 42.5 Å². The van der Waals surface area contributed by atoms with Gasteiger partial charge < -0.3 is 10.1 Å². The van der Waals surface area contributed by atoms with Gasteiger partial charge in [-0.3, -0.25) is 10.1 Å². The van der Waals surface area contributed by atoms with Gasteiger partial charge in [-0.2, -0.15) is 13.2 Å². The number of halogens is 4. The first kappa shape index (κ1) is 19.4. The van der Waals surface area contributed by atoms with Gasteiger partial charge in [0, 0.05) is 11.3 Å². The molecule has 0 radical (unpaired) electrons. The Hall–Kier alpha value is -1.88. The van der Waals surface area contributed by atoms with E-state index in [1.54, 1.807) is 18.2 Å². The van der Waals surface area contributed by atoms with E-state index in [9.17, 15) is 18.0 Å². The summed E-state index contributed by atoms with van der Waals surface area (Å²) in [4.78, 5) is 12.2. The Morgan fingerprint density at radius 1 is 1.20 bits per heavy atom. The molecule has 0 aromatic heterocycles. The highest BCUT2D eigenvalue weighted by Gasteiger charge is 2.30. The molecule has 4 nitrogen and oxygen atoms in total. The maximum Gasteiger partial charge on any atom is 0.416 e. The normalized spacial score (nSPS) is 10.9. The molecule has 0 aliphatic rings. The fourth-order valence-corrected chi connectivity index (χ4v) is 2.86. The first-order valence-corrected chi connectivity index (χ1v) is 8.32. The van der Waals surface area contributed by atoms with Crippen LogP contribution in [0.2, 0.25) is 0 Å². The average molecular weight is 480 g/mol. The van der Waals surface area contributed by atoms with Crippen LogP contribution in [-0.2, 0) is 6.18 Å². The van der Waals surface area contributed by atoms with Crippen LogP contribution < -0.4 is 15.4 Å². The van der Waals surface area contributed by atoms with Gasteiger partial charge >= 0.3 is 6.18 Å². The first-order chi connectivity index (χ1) is 11.7. The number of benzene rings is 2. The van der Waals surface area contributed by atoms with Crippen molar-refractivity contribution in [1.82, 2.24) is 5.32 Å². The van der Waals surface area contributed by atoms with Gasteiger partial charge in [0.25, 0.3) is 5.91 Å². The molecule has 1 amide bonds. The zero-order chi connectivity index (χ0) is 18.6. The molecule has 0 heterocycles. The molecule has 0 bridgehead atoms. The summed E-state index contributed by atoms with van der Waals surface area (Å²) in [6.45, 7) is 0. The quantitative estimate of drug-likeness (QED) is 0.504. The molecule has 0 spiro atoms. The third-order valence-corrected chi connectivity index (χ3v) is 4.14. The summed E-state index contributed by atoms with van der Waals surface area (Å²) < 4.78 is 43.9. The van der Waals surface area contributed by atoms with Gasteiger partial charge in [-0.15, -0.1) is 0 Å². The van der Waals surface area contributed by atoms with Crippen molar-refractivity contribution in [3.63, 3.8) is 0 Å². The van der Waals surface area contributed by atoms with E-state index in [0.29, 0.717) is 11.3 Å². The maximum atomic E-state index is 12.7. The summed E-state index contributed by atoms with van der Waals surface area (Å²) in [5.41, 5.74) is -0.334. The maximum absolute atomic E-state index is 12.7.